The Morgan fingerprint density at radius 2 is 1.41 bits per heavy atom. The van der Waals surface area contributed by atoms with Crippen LogP contribution in [0.4, 0.5) is 0 Å². The monoisotopic (exact) mass is 365 g/mol. The van der Waals surface area contributed by atoms with E-state index in [1.54, 1.807) is 0 Å². The predicted molar refractivity (Wildman–Crippen MR) is 109 cm³/mol. The number of benzene rings is 2. The largest absolute Gasteiger partial charge is 0.468 e. The van der Waals surface area contributed by atoms with E-state index in [9.17, 15) is 4.79 Å². The zero-order chi connectivity index (χ0) is 19.1. The topological polar surface area (TPSA) is 29.5 Å². The molecule has 1 atom stereocenters. The van der Waals surface area contributed by atoms with Crippen molar-refractivity contribution in [3.8, 4) is 0 Å². The summed E-state index contributed by atoms with van der Waals surface area (Å²) < 4.78 is 5.34. The normalized spacial score (nSPS) is 17.4. The molecule has 0 spiro atoms. The molecule has 2 aromatic carbocycles. The van der Waals surface area contributed by atoms with Crippen LogP contribution in [0.15, 0.2) is 60.7 Å². The summed E-state index contributed by atoms with van der Waals surface area (Å²) in [6.45, 7) is 3.57. The van der Waals surface area contributed by atoms with Gasteiger partial charge in [0.2, 0.25) is 0 Å². The molecule has 0 amide bonds. The standard InChI is InChI=1S/C24H31NO2/c1-24(23(26)27-2,22-16-10-5-11-17-22)25(18-20-12-6-3-7-13-20)19-21-14-8-4-9-15-21/h3-4,6-9,12-15,22H,5,10-11,16-19H2,1-2H3. The Balaban J connectivity index is 1.96. The summed E-state index contributed by atoms with van der Waals surface area (Å²) in [7, 11) is 1.52. The van der Waals surface area contributed by atoms with Gasteiger partial charge in [0.25, 0.3) is 0 Å². The van der Waals surface area contributed by atoms with Crippen LogP contribution in [-0.4, -0.2) is 23.5 Å². The molecule has 3 heteroatoms. The lowest BCUT2D eigenvalue weighted by Gasteiger charge is -2.45. The molecule has 1 aliphatic carbocycles. The molecule has 2 aromatic rings. The summed E-state index contributed by atoms with van der Waals surface area (Å²) in [5, 5.41) is 0. The molecule has 1 unspecified atom stereocenters. The lowest BCUT2D eigenvalue weighted by atomic mass is 9.74. The maximum atomic E-state index is 13.1. The van der Waals surface area contributed by atoms with Gasteiger partial charge in [-0.3, -0.25) is 9.69 Å². The van der Waals surface area contributed by atoms with Gasteiger partial charge in [-0.1, -0.05) is 79.9 Å². The molecule has 0 aromatic heterocycles. The zero-order valence-corrected chi connectivity index (χ0v) is 16.6. The Labute approximate surface area is 163 Å². The van der Waals surface area contributed by atoms with Crippen LogP contribution >= 0.6 is 0 Å². The van der Waals surface area contributed by atoms with E-state index in [1.165, 1.54) is 37.5 Å². The Bertz CT molecular complexity index is 668. The molecule has 0 N–H and O–H groups in total. The van der Waals surface area contributed by atoms with E-state index in [1.807, 2.05) is 12.1 Å². The average molecular weight is 366 g/mol. The van der Waals surface area contributed by atoms with Crippen LogP contribution in [0, 0.1) is 5.92 Å². The third-order valence-electron chi connectivity index (χ3n) is 6.09. The molecule has 0 heterocycles. The molecule has 0 radical (unpaired) electrons. The molecule has 144 valence electrons. The van der Waals surface area contributed by atoms with Gasteiger partial charge in [-0.25, -0.2) is 0 Å². The van der Waals surface area contributed by atoms with Crippen molar-refractivity contribution in [2.45, 2.75) is 57.7 Å². The van der Waals surface area contributed by atoms with Gasteiger partial charge in [-0.2, -0.15) is 0 Å². The van der Waals surface area contributed by atoms with Gasteiger partial charge < -0.3 is 4.74 Å². The summed E-state index contributed by atoms with van der Waals surface area (Å²) in [4.78, 5) is 15.4. The van der Waals surface area contributed by atoms with Gasteiger partial charge in [-0.05, 0) is 36.8 Å². The van der Waals surface area contributed by atoms with Gasteiger partial charge in [-0.15, -0.1) is 0 Å². The molecule has 3 rings (SSSR count). The highest BCUT2D eigenvalue weighted by Crippen LogP contribution is 2.39. The Hall–Kier alpha value is -2.13. The number of carbonyl (C=O) groups is 1. The fraction of sp³-hybridized carbons (Fsp3) is 0.458. The molecule has 0 bridgehead atoms. The van der Waals surface area contributed by atoms with Crippen molar-refractivity contribution >= 4 is 5.97 Å². The predicted octanol–water partition coefficient (Wildman–Crippen LogP) is 5.20. The van der Waals surface area contributed by atoms with Crippen molar-refractivity contribution in [3.63, 3.8) is 0 Å². The first-order valence-electron chi connectivity index (χ1n) is 10.1. The number of ether oxygens (including phenoxy) is 1. The number of nitrogens with zero attached hydrogens (tertiary/aromatic N) is 1. The van der Waals surface area contributed by atoms with E-state index in [-0.39, 0.29) is 5.97 Å². The third-order valence-corrected chi connectivity index (χ3v) is 6.09. The van der Waals surface area contributed by atoms with Crippen LogP contribution in [0.1, 0.15) is 50.2 Å². The number of esters is 1. The average Bonchev–Trinajstić information content (AvgIpc) is 2.74. The van der Waals surface area contributed by atoms with Gasteiger partial charge in [0, 0.05) is 13.1 Å². The SMILES string of the molecule is COC(=O)C(C)(C1CCCCC1)N(Cc1ccccc1)Cc1ccccc1. The first-order valence-corrected chi connectivity index (χ1v) is 10.1. The number of carbonyl (C=O) groups excluding carboxylic acids is 1. The minimum absolute atomic E-state index is 0.110. The van der Waals surface area contributed by atoms with E-state index in [0.29, 0.717) is 5.92 Å². The first kappa shape index (κ1) is 19.6. The van der Waals surface area contributed by atoms with E-state index in [0.717, 1.165) is 25.9 Å². The smallest absolute Gasteiger partial charge is 0.326 e. The molecular weight excluding hydrogens is 334 g/mol. The quantitative estimate of drug-likeness (QED) is 0.632. The number of rotatable bonds is 7. The maximum Gasteiger partial charge on any atom is 0.326 e. The van der Waals surface area contributed by atoms with Crippen LogP contribution in [0.25, 0.3) is 0 Å². The number of hydrogen-bond acceptors (Lipinski definition) is 3. The van der Waals surface area contributed by atoms with Crippen molar-refractivity contribution in [2.75, 3.05) is 7.11 Å². The van der Waals surface area contributed by atoms with Gasteiger partial charge >= 0.3 is 5.97 Å². The summed E-state index contributed by atoms with van der Waals surface area (Å²) in [5.41, 5.74) is 1.82. The first-order chi connectivity index (χ1) is 13.1. The minimum Gasteiger partial charge on any atom is -0.468 e. The van der Waals surface area contributed by atoms with Gasteiger partial charge in [0.15, 0.2) is 0 Å². The second kappa shape index (κ2) is 9.18. The third kappa shape index (κ3) is 4.59. The van der Waals surface area contributed by atoms with Crippen molar-refractivity contribution < 1.29 is 9.53 Å². The Kier molecular flexibility index (Phi) is 6.68. The van der Waals surface area contributed by atoms with E-state index in [4.69, 9.17) is 4.74 Å². The van der Waals surface area contributed by atoms with Crippen LogP contribution < -0.4 is 0 Å². The molecule has 1 fully saturated rings. The van der Waals surface area contributed by atoms with Crippen molar-refractivity contribution in [1.29, 1.82) is 0 Å². The molecular formula is C24H31NO2. The number of hydrogen-bond donors (Lipinski definition) is 0. The lowest BCUT2D eigenvalue weighted by molar-refractivity contribution is -0.161. The maximum absolute atomic E-state index is 13.1. The summed E-state index contributed by atoms with van der Waals surface area (Å²) in [6, 6.07) is 20.9. The molecule has 1 aliphatic rings. The summed E-state index contributed by atoms with van der Waals surface area (Å²) >= 11 is 0. The van der Waals surface area contributed by atoms with Crippen molar-refractivity contribution in [1.82, 2.24) is 4.90 Å². The summed E-state index contributed by atoms with van der Waals surface area (Å²) in [6.07, 6.45) is 5.84. The molecule has 27 heavy (non-hydrogen) atoms. The Morgan fingerprint density at radius 1 is 0.926 bits per heavy atom. The minimum atomic E-state index is -0.624. The van der Waals surface area contributed by atoms with Crippen LogP contribution in [0.5, 0.6) is 0 Å². The highest BCUT2D eigenvalue weighted by molar-refractivity contribution is 5.80. The van der Waals surface area contributed by atoms with Crippen LogP contribution in [-0.2, 0) is 22.6 Å². The van der Waals surface area contributed by atoms with Crippen molar-refractivity contribution in [2.24, 2.45) is 5.92 Å². The molecule has 0 aliphatic heterocycles. The van der Waals surface area contributed by atoms with Crippen LogP contribution in [0.3, 0.4) is 0 Å². The van der Waals surface area contributed by atoms with Gasteiger partial charge in [0.1, 0.15) is 5.54 Å². The van der Waals surface area contributed by atoms with E-state index in [2.05, 4.69) is 60.4 Å². The van der Waals surface area contributed by atoms with Gasteiger partial charge in [0.05, 0.1) is 7.11 Å². The highest BCUT2D eigenvalue weighted by Gasteiger charge is 2.47. The second-order valence-corrected chi connectivity index (χ2v) is 7.80. The fourth-order valence-corrected chi connectivity index (χ4v) is 4.42. The second-order valence-electron chi connectivity index (χ2n) is 7.80. The Morgan fingerprint density at radius 3 is 1.85 bits per heavy atom. The van der Waals surface area contributed by atoms with Crippen molar-refractivity contribution in [3.05, 3.63) is 71.8 Å². The zero-order valence-electron chi connectivity index (χ0n) is 16.6. The summed E-state index contributed by atoms with van der Waals surface area (Å²) in [5.74, 6) is 0.215. The molecule has 0 saturated heterocycles. The van der Waals surface area contributed by atoms with E-state index >= 15 is 0 Å². The highest BCUT2D eigenvalue weighted by atomic mass is 16.5. The lowest BCUT2D eigenvalue weighted by Crippen LogP contribution is -2.57. The number of methoxy groups -OCH3 is 1. The molecule has 1 saturated carbocycles. The van der Waals surface area contributed by atoms with E-state index < -0.39 is 5.54 Å². The van der Waals surface area contributed by atoms with Crippen LogP contribution in [0.2, 0.25) is 0 Å². The molecule has 3 nitrogen and oxygen atoms in total. The fourth-order valence-electron chi connectivity index (χ4n) is 4.42.